The van der Waals surface area contributed by atoms with Crippen molar-refractivity contribution >= 4 is 27.3 Å². The number of nitrogens with zero attached hydrogens (tertiary/aromatic N) is 2. The first-order valence-corrected chi connectivity index (χ1v) is 6.53. The highest BCUT2D eigenvalue weighted by Gasteiger charge is 2.08. The minimum atomic E-state index is 0.806. The summed E-state index contributed by atoms with van der Waals surface area (Å²) in [6, 6.07) is 8.06. The first kappa shape index (κ1) is 12.9. The van der Waals surface area contributed by atoms with Crippen LogP contribution in [0.5, 0.6) is 0 Å². The maximum atomic E-state index is 5.88. The van der Waals surface area contributed by atoms with E-state index in [9.17, 15) is 0 Å². The van der Waals surface area contributed by atoms with Crippen molar-refractivity contribution in [3.05, 3.63) is 52.3 Å². The van der Waals surface area contributed by atoms with Gasteiger partial charge < -0.3 is 10.6 Å². The van der Waals surface area contributed by atoms with Gasteiger partial charge in [0.15, 0.2) is 0 Å². The third-order valence-corrected chi connectivity index (χ3v) is 3.52. The number of aromatic nitrogens is 1. The van der Waals surface area contributed by atoms with Crippen LogP contribution in [0.4, 0.5) is 11.4 Å². The van der Waals surface area contributed by atoms with Crippen LogP contribution < -0.4 is 10.6 Å². The second kappa shape index (κ2) is 5.40. The van der Waals surface area contributed by atoms with E-state index in [1.165, 1.54) is 5.56 Å². The zero-order chi connectivity index (χ0) is 13.1. The van der Waals surface area contributed by atoms with Crippen molar-refractivity contribution in [1.82, 2.24) is 4.98 Å². The number of hydrogen-bond donors (Lipinski definition) is 1. The quantitative estimate of drug-likeness (QED) is 0.884. The topological polar surface area (TPSA) is 42.2 Å². The van der Waals surface area contributed by atoms with Crippen molar-refractivity contribution in [1.29, 1.82) is 0 Å². The second-order valence-electron chi connectivity index (χ2n) is 4.38. The summed E-state index contributed by atoms with van der Waals surface area (Å²) < 4.78 is 1.01. The molecule has 18 heavy (non-hydrogen) atoms. The molecule has 0 unspecified atom stereocenters. The number of anilines is 2. The molecule has 2 aromatic rings. The summed E-state index contributed by atoms with van der Waals surface area (Å²) in [5, 5.41) is 0. The molecule has 2 N–H and O–H groups in total. The van der Waals surface area contributed by atoms with Crippen LogP contribution in [-0.2, 0) is 6.54 Å². The van der Waals surface area contributed by atoms with Gasteiger partial charge in [0.25, 0.3) is 0 Å². The van der Waals surface area contributed by atoms with E-state index in [4.69, 9.17) is 5.73 Å². The summed E-state index contributed by atoms with van der Waals surface area (Å²) in [5.41, 5.74) is 10.1. The van der Waals surface area contributed by atoms with E-state index in [1.807, 2.05) is 25.3 Å². The number of nitrogen functional groups attached to an aromatic ring is 1. The van der Waals surface area contributed by atoms with E-state index in [0.29, 0.717) is 0 Å². The molecule has 0 saturated heterocycles. The molecule has 3 nitrogen and oxygen atoms in total. The molecule has 0 aliphatic rings. The van der Waals surface area contributed by atoms with Gasteiger partial charge in [0.1, 0.15) is 0 Å². The standard InChI is InChI=1S/C14H16BrN3/c1-10-6-14(12(15)7-13(10)16)18(2)9-11-4-3-5-17-8-11/h3-8H,9,16H2,1-2H3. The Balaban J connectivity index is 2.24. The third-order valence-electron chi connectivity index (χ3n) is 2.89. The maximum absolute atomic E-state index is 5.88. The molecule has 0 amide bonds. The summed E-state index contributed by atoms with van der Waals surface area (Å²) in [6.07, 6.45) is 3.67. The van der Waals surface area contributed by atoms with E-state index >= 15 is 0 Å². The number of nitrogens with two attached hydrogens (primary N) is 1. The summed E-state index contributed by atoms with van der Waals surface area (Å²) in [5.74, 6) is 0. The van der Waals surface area contributed by atoms with Gasteiger partial charge in [-0.2, -0.15) is 0 Å². The number of pyridine rings is 1. The molecule has 1 aromatic heterocycles. The Morgan fingerprint density at radius 3 is 2.83 bits per heavy atom. The lowest BCUT2D eigenvalue weighted by Gasteiger charge is -2.21. The molecular formula is C14H16BrN3. The van der Waals surface area contributed by atoms with Crippen LogP contribution in [0, 0.1) is 6.92 Å². The predicted octanol–water partition coefficient (Wildman–Crippen LogP) is 3.37. The summed E-state index contributed by atoms with van der Waals surface area (Å²) in [6.45, 7) is 2.83. The lowest BCUT2D eigenvalue weighted by molar-refractivity contribution is 0.911. The molecule has 0 radical (unpaired) electrons. The van der Waals surface area contributed by atoms with Gasteiger partial charge in [-0.3, -0.25) is 4.98 Å². The van der Waals surface area contributed by atoms with E-state index in [0.717, 1.165) is 28.0 Å². The van der Waals surface area contributed by atoms with Crippen molar-refractivity contribution in [2.75, 3.05) is 17.7 Å². The number of halogens is 1. The molecule has 0 saturated carbocycles. The lowest BCUT2D eigenvalue weighted by atomic mass is 10.1. The van der Waals surface area contributed by atoms with Gasteiger partial charge in [0.2, 0.25) is 0 Å². The van der Waals surface area contributed by atoms with Crippen molar-refractivity contribution in [2.24, 2.45) is 0 Å². The summed E-state index contributed by atoms with van der Waals surface area (Å²) in [4.78, 5) is 6.30. The number of benzene rings is 1. The summed E-state index contributed by atoms with van der Waals surface area (Å²) >= 11 is 3.56. The Hall–Kier alpha value is -1.55. The molecule has 4 heteroatoms. The Bertz CT molecular complexity index is 540. The fourth-order valence-corrected chi connectivity index (χ4v) is 2.49. The smallest absolute Gasteiger partial charge is 0.0515 e. The van der Waals surface area contributed by atoms with Gasteiger partial charge in [-0.1, -0.05) is 6.07 Å². The van der Waals surface area contributed by atoms with Crippen LogP contribution in [0.2, 0.25) is 0 Å². The molecule has 0 fully saturated rings. The molecular weight excluding hydrogens is 290 g/mol. The molecule has 2 rings (SSSR count). The third kappa shape index (κ3) is 2.82. The normalized spacial score (nSPS) is 10.4. The number of hydrogen-bond acceptors (Lipinski definition) is 3. The van der Waals surface area contributed by atoms with Gasteiger partial charge in [-0.05, 0) is 52.2 Å². The molecule has 0 atom stereocenters. The maximum Gasteiger partial charge on any atom is 0.0515 e. The van der Waals surface area contributed by atoms with Gasteiger partial charge >= 0.3 is 0 Å². The first-order valence-electron chi connectivity index (χ1n) is 5.73. The summed E-state index contributed by atoms with van der Waals surface area (Å²) in [7, 11) is 2.06. The van der Waals surface area contributed by atoms with Crippen molar-refractivity contribution in [2.45, 2.75) is 13.5 Å². The lowest BCUT2D eigenvalue weighted by Crippen LogP contribution is -2.17. The Morgan fingerprint density at radius 2 is 2.17 bits per heavy atom. The van der Waals surface area contributed by atoms with Gasteiger partial charge in [-0.25, -0.2) is 0 Å². The molecule has 94 valence electrons. The SMILES string of the molecule is Cc1cc(N(C)Cc2cccnc2)c(Br)cc1N. The van der Waals surface area contributed by atoms with Crippen molar-refractivity contribution in [3.63, 3.8) is 0 Å². The monoisotopic (exact) mass is 305 g/mol. The second-order valence-corrected chi connectivity index (χ2v) is 5.23. The fraction of sp³-hybridized carbons (Fsp3) is 0.214. The first-order chi connectivity index (χ1) is 8.58. The minimum Gasteiger partial charge on any atom is -0.398 e. The largest absolute Gasteiger partial charge is 0.398 e. The average Bonchev–Trinajstić information content (AvgIpc) is 2.35. The van der Waals surface area contributed by atoms with Gasteiger partial charge in [-0.15, -0.1) is 0 Å². The van der Waals surface area contributed by atoms with Crippen LogP contribution in [0.25, 0.3) is 0 Å². The van der Waals surface area contributed by atoms with E-state index in [1.54, 1.807) is 6.20 Å². The molecule has 1 heterocycles. The Kier molecular flexibility index (Phi) is 3.87. The van der Waals surface area contributed by atoms with Crippen molar-refractivity contribution in [3.8, 4) is 0 Å². The van der Waals surface area contributed by atoms with E-state index in [2.05, 4.69) is 45.0 Å². The van der Waals surface area contributed by atoms with E-state index in [-0.39, 0.29) is 0 Å². The Morgan fingerprint density at radius 1 is 1.39 bits per heavy atom. The fourth-order valence-electron chi connectivity index (χ4n) is 1.82. The van der Waals surface area contributed by atoms with E-state index < -0.39 is 0 Å². The molecule has 0 aliphatic heterocycles. The van der Waals surface area contributed by atoms with Crippen LogP contribution in [0.15, 0.2) is 41.1 Å². The molecule has 0 spiro atoms. The van der Waals surface area contributed by atoms with Crippen LogP contribution in [0.1, 0.15) is 11.1 Å². The highest BCUT2D eigenvalue weighted by atomic mass is 79.9. The van der Waals surface area contributed by atoms with Gasteiger partial charge in [0.05, 0.1) is 5.69 Å². The van der Waals surface area contributed by atoms with Crippen LogP contribution in [0.3, 0.4) is 0 Å². The minimum absolute atomic E-state index is 0.806. The van der Waals surface area contributed by atoms with Crippen LogP contribution in [-0.4, -0.2) is 12.0 Å². The molecule has 1 aromatic carbocycles. The zero-order valence-corrected chi connectivity index (χ0v) is 12.1. The van der Waals surface area contributed by atoms with Crippen molar-refractivity contribution < 1.29 is 0 Å². The Labute approximate surface area is 116 Å². The van der Waals surface area contributed by atoms with Crippen LogP contribution >= 0.6 is 15.9 Å². The molecule has 0 aliphatic carbocycles. The highest BCUT2D eigenvalue weighted by Crippen LogP contribution is 2.30. The van der Waals surface area contributed by atoms with Gasteiger partial charge in [0, 0.05) is 36.1 Å². The zero-order valence-electron chi connectivity index (χ0n) is 10.5. The number of aryl methyl sites for hydroxylation is 1. The average molecular weight is 306 g/mol. The predicted molar refractivity (Wildman–Crippen MR) is 79.6 cm³/mol. The highest BCUT2D eigenvalue weighted by molar-refractivity contribution is 9.10. The molecule has 0 bridgehead atoms. The number of rotatable bonds is 3.